The summed E-state index contributed by atoms with van der Waals surface area (Å²) < 4.78 is 0. The van der Waals surface area contributed by atoms with Crippen molar-refractivity contribution >= 4 is 0 Å². The van der Waals surface area contributed by atoms with Crippen LogP contribution in [-0.4, -0.2) is 41.9 Å². The van der Waals surface area contributed by atoms with Gasteiger partial charge in [-0.15, -0.1) is 0 Å². The van der Waals surface area contributed by atoms with E-state index in [1.807, 2.05) is 12.1 Å². The van der Waals surface area contributed by atoms with Gasteiger partial charge in [-0.25, -0.2) is 0 Å². The first-order valence-corrected chi connectivity index (χ1v) is 6.29. The van der Waals surface area contributed by atoms with Crippen LogP contribution in [0.25, 0.3) is 0 Å². The molecule has 0 bridgehead atoms. The van der Waals surface area contributed by atoms with Crippen molar-refractivity contribution < 1.29 is 10.2 Å². The summed E-state index contributed by atoms with van der Waals surface area (Å²) in [5, 5.41) is 18.9. The maximum absolute atomic E-state index is 9.59. The second-order valence-electron chi connectivity index (χ2n) is 5.02. The zero-order valence-corrected chi connectivity index (χ0v) is 10.3. The van der Waals surface area contributed by atoms with Crippen LogP contribution in [0.4, 0.5) is 0 Å². The molecule has 2 N–H and O–H groups in total. The molecule has 3 nitrogen and oxygen atoms in total. The standard InChI is InChI=1S/C14H21NO2/c1-15-8-6-12(7-9-15)14(10-16)11-2-4-13(17)5-3-11/h2-5,12,14,16-17H,6-10H2,1H3. The van der Waals surface area contributed by atoms with Crippen LogP contribution in [0.15, 0.2) is 24.3 Å². The van der Waals surface area contributed by atoms with E-state index in [1.54, 1.807) is 12.1 Å². The van der Waals surface area contributed by atoms with Crippen LogP contribution in [0.3, 0.4) is 0 Å². The van der Waals surface area contributed by atoms with Crippen molar-refractivity contribution in [2.24, 2.45) is 5.92 Å². The van der Waals surface area contributed by atoms with Gasteiger partial charge in [-0.05, 0) is 56.6 Å². The van der Waals surface area contributed by atoms with Crippen molar-refractivity contribution in [3.8, 4) is 5.75 Å². The molecule has 1 saturated heterocycles. The fraction of sp³-hybridized carbons (Fsp3) is 0.571. The highest BCUT2D eigenvalue weighted by molar-refractivity contribution is 5.28. The first-order chi connectivity index (χ1) is 8.20. The summed E-state index contributed by atoms with van der Waals surface area (Å²) in [6.07, 6.45) is 2.28. The smallest absolute Gasteiger partial charge is 0.115 e. The number of benzene rings is 1. The lowest BCUT2D eigenvalue weighted by Crippen LogP contribution is -2.33. The Labute approximate surface area is 103 Å². The summed E-state index contributed by atoms with van der Waals surface area (Å²) >= 11 is 0. The fourth-order valence-electron chi connectivity index (χ4n) is 2.68. The predicted molar refractivity (Wildman–Crippen MR) is 68.2 cm³/mol. The van der Waals surface area contributed by atoms with Gasteiger partial charge in [-0.2, -0.15) is 0 Å². The SMILES string of the molecule is CN1CCC(C(CO)c2ccc(O)cc2)CC1. The van der Waals surface area contributed by atoms with Crippen LogP contribution >= 0.6 is 0 Å². The van der Waals surface area contributed by atoms with Crippen LogP contribution in [-0.2, 0) is 0 Å². The molecule has 1 aromatic carbocycles. The molecule has 1 aliphatic rings. The molecule has 0 saturated carbocycles. The third-order valence-electron chi connectivity index (χ3n) is 3.85. The molecule has 0 spiro atoms. The molecule has 1 heterocycles. The quantitative estimate of drug-likeness (QED) is 0.839. The molecule has 3 heteroatoms. The number of piperidine rings is 1. The number of aliphatic hydroxyl groups is 1. The molecule has 1 aliphatic heterocycles. The van der Waals surface area contributed by atoms with E-state index in [4.69, 9.17) is 0 Å². The minimum Gasteiger partial charge on any atom is -0.508 e. The summed E-state index contributed by atoms with van der Waals surface area (Å²) in [4.78, 5) is 2.34. The van der Waals surface area contributed by atoms with Crippen molar-refractivity contribution in [2.75, 3.05) is 26.7 Å². The van der Waals surface area contributed by atoms with Gasteiger partial charge in [-0.1, -0.05) is 12.1 Å². The molecule has 1 atom stereocenters. The van der Waals surface area contributed by atoms with Crippen molar-refractivity contribution in [3.05, 3.63) is 29.8 Å². The van der Waals surface area contributed by atoms with Crippen LogP contribution in [0.2, 0.25) is 0 Å². The number of hydrogen-bond acceptors (Lipinski definition) is 3. The molecule has 94 valence electrons. The van der Waals surface area contributed by atoms with Crippen molar-refractivity contribution in [3.63, 3.8) is 0 Å². The van der Waals surface area contributed by atoms with E-state index in [0.717, 1.165) is 31.5 Å². The fourth-order valence-corrected chi connectivity index (χ4v) is 2.68. The van der Waals surface area contributed by atoms with Gasteiger partial charge < -0.3 is 15.1 Å². The first kappa shape index (κ1) is 12.4. The second-order valence-corrected chi connectivity index (χ2v) is 5.02. The zero-order valence-electron chi connectivity index (χ0n) is 10.3. The van der Waals surface area contributed by atoms with Crippen LogP contribution < -0.4 is 0 Å². The highest BCUT2D eigenvalue weighted by atomic mass is 16.3. The lowest BCUT2D eigenvalue weighted by atomic mass is 9.80. The largest absolute Gasteiger partial charge is 0.508 e. The Morgan fingerprint density at radius 3 is 2.35 bits per heavy atom. The summed E-state index contributed by atoms with van der Waals surface area (Å²) in [6, 6.07) is 7.25. The second kappa shape index (κ2) is 5.52. The lowest BCUT2D eigenvalue weighted by Gasteiger charge is -2.33. The van der Waals surface area contributed by atoms with Gasteiger partial charge >= 0.3 is 0 Å². The topological polar surface area (TPSA) is 43.7 Å². The molecule has 0 aromatic heterocycles. The number of phenolic OH excluding ortho intramolecular Hbond substituents is 1. The monoisotopic (exact) mass is 235 g/mol. The Balaban J connectivity index is 2.08. The molecular weight excluding hydrogens is 214 g/mol. The molecule has 17 heavy (non-hydrogen) atoms. The van der Waals surface area contributed by atoms with Crippen molar-refractivity contribution in [1.82, 2.24) is 4.90 Å². The molecule has 0 radical (unpaired) electrons. The molecular formula is C14H21NO2. The van der Waals surface area contributed by atoms with Gasteiger partial charge in [0.1, 0.15) is 5.75 Å². The third-order valence-corrected chi connectivity index (χ3v) is 3.85. The van der Waals surface area contributed by atoms with Gasteiger partial charge in [0.15, 0.2) is 0 Å². The van der Waals surface area contributed by atoms with Crippen LogP contribution in [0.5, 0.6) is 5.75 Å². The van der Waals surface area contributed by atoms with Crippen LogP contribution in [0.1, 0.15) is 24.3 Å². The molecule has 2 rings (SSSR count). The minimum absolute atomic E-state index is 0.194. The number of aromatic hydroxyl groups is 1. The third kappa shape index (κ3) is 2.99. The van der Waals surface area contributed by atoms with Gasteiger partial charge in [0.2, 0.25) is 0 Å². The van der Waals surface area contributed by atoms with Gasteiger partial charge in [-0.3, -0.25) is 0 Å². The van der Waals surface area contributed by atoms with E-state index in [-0.39, 0.29) is 18.3 Å². The summed E-state index contributed by atoms with van der Waals surface area (Å²) in [5.74, 6) is 1.05. The first-order valence-electron chi connectivity index (χ1n) is 6.29. The Bertz CT molecular complexity index is 342. The average molecular weight is 235 g/mol. The Morgan fingerprint density at radius 2 is 1.82 bits per heavy atom. The maximum atomic E-state index is 9.59. The molecule has 0 amide bonds. The highest BCUT2D eigenvalue weighted by Crippen LogP contribution is 2.32. The van der Waals surface area contributed by atoms with Crippen molar-refractivity contribution in [1.29, 1.82) is 0 Å². The maximum Gasteiger partial charge on any atom is 0.115 e. The van der Waals surface area contributed by atoms with E-state index in [9.17, 15) is 10.2 Å². The molecule has 0 aliphatic carbocycles. The lowest BCUT2D eigenvalue weighted by molar-refractivity contribution is 0.156. The number of hydrogen-bond donors (Lipinski definition) is 2. The van der Waals surface area contributed by atoms with E-state index in [1.165, 1.54) is 0 Å². The number of phenols is 1. The predicted octanol–water partition coefficient (Wildman–Crippen LogP) is 1.81. The summed E-state index contributed by atoms with van der Waals surface area (Å²) in [5.41, 5.74) is 1.14. The summed E-state index contributed by atoms with van der Waals surface area (Å²) in [6.45, 7) is 2.41. The van der Waals surface area contributed by atoms with Crippen LogP contribution in [0, 0.1) is 5.92 Å². The summed E-state index contributed by atoms with van der Waals surface area (Å²) in [7, 11) is 2.14. The van der Waals surface area contributed by atoms with Gasteiger partial charge in [0.05, 0.1) is 6.61 Å². The molecule has 1 unspecified atom stereocenters. The Morgan fingerprint density at radius 1 is 1.24 bits per heavy atom. The minimum atomic E-state index is 0.194. The number of aliphatic hydroxyl groups excluding tert-OH is 1. The number of nitrogens with zero attached hydrogens (tertiary/aromatic N) is 1. The Kier molecular flexibility index (Phi) is 4.02. The van der Waals surface area contributed by atoms with Crippen molar-refractivity contribution in [2.45, 2.75) is 18.8 Å². The van der Waals surface area contributed by atoms with E-state index in [0.29, 0.717) is 5.92 Å². The zero-order chi connectivity index (χ0) is 12.3. The van der Waals surface area contributed by atoms with E-state index >= 15 is 0 Å². The normalized spacial score (nSPS) is 20.4. The average Bonchev–Trinajstić information content (AvgIpc) is 2.35. The number of rotatable bonds is 3. The molecule has 1 aromatic rings. The van der Waals surface area contributed by atoms with Gasteiger partial charge in [0.25, 0.3) is 0 Å². The molecule has 1 fully saturated rings. The van der Waals surface area contributed by atoms with E-state index in [2.05, 4.69) is 11.9 Å². The van der Waals surface area contributed by atoms with E-state index < -0.39 is 0 Å². The Hall–Kier alpha value is -1.06. The van der Waals surface area contributed by atoms with Gasteiger partial charge in [0, 0.05) is 5.92 Å². The highest BCUT2D eigenvalue weighted by Gasteiger charge is 2.25. The number of likely N-dealkylation sites (tertiary alicyclic amines) is 1.